The summed E-state index contributed by atoms with van der Waals surface area (Å²) in [5, 5.41) is 8.23. The molecule has 2 aromatic heterocycles. The van der Waals surface area contributed by atoms with Crippen LogP contribution in [0.1, 0.15) is 69.5 Å². The van der Waals surface area contributed by atoms with E-state index < -0.39 is 0 Å². The van der Waals surface area contributed by atoms with Gasteiger partial charge in [-0.1, -0.05) is 20.3 Å². The van der Waals surface area contributed by atoms with Crippen molar-refractivity contribution in [3.05, 3.63) is 23.5 Å². The number of nitrogens with two attached hydrogens (primary N) is 1. The maximum absolute atomic E-state index is 6.08. The molecular weight excluding hydrogens is 298 g/mol. The maximum atomic E-state index is 6.08. The maximum Gasteiger partial charge on any atom is 0.160 e. The molecule has 3 atom stereocenters. The average Bonchev–Trinajstić information content (AvgIpc) is 3.11. The lowest BCUT2D eigenvalue weighted by atomic mass is 9.62. The van der Waals surface area contributed by atoms with Gasteiger partial charge in [-0.2, -0.15) is 9.61 Å². The van der Waals surface area contributed by atoms with Crippen molar-refractivity contribution in [2.24, 2.45) is 11.1 Å². The van der Waals surface area contributed by atoms with Crippen LogP contribution in [0.25, 0.3) is 5.65 Å². The number of fused-ring (bicyclic) bond motifs is 1. The predicted molar refractivity (Wildman–Crippen MR) is 97.3 cm³/mol. The molecule has 5 heteroatoms. The van der Waals surface area contributed by atoms with Crippen LogP contribution in [0.5, 0.6) is 0 Å². The number of hydrogen-bond acceptors (Lipinski definition) is 4. The third-order valence-electron chi connectivity index (χ3n) is 6.48. The van der Waals surface area contributed by atoms with Gasteiger partial charge in [0.05, 0.1) is 6.20 Å². The normalized spacial score (nSPS) is 27.2. The van der Waals surface area contributed by atoms with Crippen LogP contribution >= 0.6 is 0 Å². The number of aromatic nitrogens is 3. The van der Waals surface area contributed by atoms with Crippen molar-refractivity contribution in [2.45, 2.75) is 77.3 Å². The van der Waals surface area contributed by atoms with Crippen molar-refractivity contribution in [3.8, 4) is 0 Å². The molecule has 0 spiro atoms. The Morgan fingerprint density at radius 3 is 2.79 bits per heavy atom. The molecule has 0 amide bonds. The topological polar surface area (TPSA) is 68.2 Å². The van der Waals surface area contributed by atoms with Crippen LogP contribution in [0.3, 0.4) is 0 Å². The fourth-order valence-corrected chi connectivity index (χ4v) is 4.30. The summed E-state index contributed by atoms with van der Waals surface area (Å²) in [7, 11) is 0. The fourth-order valence-electron chi connectivity index (χ4n) is 4.30. The van der Waals surface area contributed by atoms with Gasteiger partial charge in [-0.25, -0.2) is 4.98 Å². The molecule has 2 fully saturated rings. The van der Waals surface area contributed by atoms with Crippen LogP contribution in [0.15, 0.2) is 12.3 Å². The predicted octanol–water partition coefficient (Wildman–Crippen LogP) is 3.62. The summed E-state index contributed by atoms with van der Waals surface area (Å²) in [6.45, 7) is 6.82. The van der Waals surface area contributed by atoms with Gasteiger partial charge in [-0.05, 0) is 44.4 Å². The lowest BCUT2D eigenvalue weighted by Gasteiger charge is -2.43. The highest BCUT2D eigenvalue weighted by Gasteiger charge is 2.39. The number of anilines is 1. The minimum atomic E-state index is 0.325. The molecule has 2 aliphatic carbocycles. The summed E-state index contributed by atoms with van der Waals surface area (Å²) in [5.74, 6) is 1.54. The van der Waals surface area contributed by atoms with Crippen molar-refractivity contribution in [1.29, 1.82) is 0 Å². The van der Waals surface area contributed by atoms with Gasteiger partial charge in [0.15, 0.2) is 5.65 Å². The van der Waals surface area contributed by atoms with E-state index in [-0.39, 0.29) is 0 Å². The van der Waals surface area contributed by atoms with Gasteiger partial charge in [0.25, 0.3) is 0 Å². The van der Waals surface area contributed by atoms with E-state index in [2.05, 4.69) is 37.3 Å². The molecule has 2 saturated carbocycles. The van der Waals surface area contributed by atoms with E-state index in [0.29, 0.717) is 23.4 Å². The Hall–Kier alpha value is -1.62. The van der Waals surface area contributed by atoms with E-state index in [0.717, 1.165) is 36.3 Å². The third-order valence-corrected chi connectivity index (χ3v) is 6.48. The Balaban J connectivity index is 1.71. The molecule has 4 rings (SSSR count). The van der Waals surface area contributed by atoms with Crippen LogP contribution in [-0.2, 0) is 0 Å². The van der Waals surface area contributed by atoms with E-state index in [9.17, 15) is 0 Å². The van der Waals surface area contributed by atoms with Crippen LogP contribution < -0.4 is 11.1 Å². The van der Waals surface area contributed by atoms with Gasteiger partial charge in [0.2, 0.25) is 0 Å². The van der Waals surface area contributed by atoms with Crippen molar-refractivity contribution in [2.75, 3.05) is 5.32 Å². The summed E-state index contributed by atoms with van der Waals surface area (Å²) in [4.78, 5) is 4.97. The molecule has 0 aliphatic heterocycles. The van der Waals surface area contributed by atoms with Crippen molar-refractivity contribution in [3.63, 3.8) is 0 Å². The summed E-state index contributed by atoms with van der Waals surface area (Å²) in [5.41, 5.74) is 9.78. The molecule has 5 nitrogen and oxygen atoms in total. The Kier molecular flexibility index (Phi) is 3.79. The van der Waals surface area contributed by atoms with Gasteiger partial charge in [0, 0.05) is 35.3 Å². The SMILES string of the molecule is Cc1cnn2c(N[C@H]3CC[C@H](N)C3)cc([C@H](C)C3(C)CCC3)nc12. The first-order valence-corrected chi connectivity index (χ1v) is 9.34. The Morgan fingerprint density at radius 2 is 2.17 bits per heavy atom. The van der Waals surface area contributed by atoms with E-state index in [4.69, 9.17) is 10.7 Å². The van der Waals surface area contributed by atoms with Crippen molar-refractivity contribution in [1.82, 2.24) is 14.6 Å². The van der Waals surface area contributed by atoms with Crippen molar-refractivity contribution < 1.29 is 0 Å². The third kappa shape index (κ3) is 2.59. The van der Waals surface area contributed by atoms with Gasteiger partial charge in [-0.3, -0.25) is 0 Å². The number of nitrogens with one attached hydrogen (secondary N) is 1. The molecule has 2 aromatic rings. The van der Waals surface area contributed by atoms with Gasteiger partial charge in [0.1, 0.15) is 5.82 Å². The zero-order chi connectivity index (χ0) is 16.9. The molecular formula is C19H29N5. The molecule has 0 unspecified atom stereocenters. The minimum absolute atomic E-state index is 0.325. The van der Waals surface area contributed by atoms with Crippen LogP contribution in [-0.4, -0.2) is 26.7 Å². The lowest BCUT2D eigenvalue weighted by Crippen LogP contribution is -2.32. The first-order chi connectivity index (χ1) is 11.5. The minimum Gasteiger partial charge on any atom is -0.367 e. The molecule has 2 heterocycles. The van der Waals surface area contributed by atoms with Crippen molar-refractivity contribution >= 4 is 11.5 Å². The number of nitrogens with zero attached hydrogens (tertiary/aromatic N) is 3. The second-order valence-electron chi connectivity index (χ2n) is 8.27. The van der Waals surface area contributed by atoms with Crippen LogP contribution in [0.2, 0.25) is 0 Å². The largest absolute Gasteiger partial charge is 0.367 e. The lowest BCUT2D eigenvalue weighted by molar-refractivity contribution is 0.123. The second-order valence-corrected chi connectivity index (χ2v) is 8.27. The Bertz CT molecular complexity index is 746. The average molecular weight is 327 g/mol. The molecule has 0 saturated heterocycles. The van der Waals surface area contributed by atoms with E-state index >= 15 is 0 Å². The molecule has 2 aliphatic rings. The zero-order valence-electron chi connectivity index (χ0n) is 15.0. The van der Waals surface area contributed by atoms with Crippen LogP contribution in [0, 0.1) is 12.3 Å². The molecule has 3 N–H and O–H groups in total. The number of hydrogen-bond donors (Lipinski definition) is 2. The van der Waals surface area contributed by atoms with E-state index in [1.165, 1.54) is 25.0 Å². The van der Waals surface area contributed by atoms with Gasteiger partial charge < -0.3 is 11.1 Å². The molecule has 0 radical (unpaired) electrons. The standard InChI is InChI=1S/C19H29N5/c1-12-11-21-24-17(22-15-6-5-14(20)9-15)10-16(23-18(12)24)13(2)19(3)7-4-8-19/h10-11,13-15,22H,4-9,20H2,1-3H3/t13-,14-,15-/m0/s1. The summed E-state index contributed by atoms with van der Waals surface area (Å²) >= 11 is 0. The summed E-state index contributed by atoms with van der Waals surface area (Å²) in [6.07, 6.45) is 9.14. The second kappa shape index (κ2) is 5.73. The smallest absolute Gasteiger partial charge is 0.160 e. The molecule has 0 bridgehead atoms. The number of aryl methyl sites for hydroxylation is 1. The quantitative estimate of drug-likeness (QED) is 0.900. The highest BCUT2D eigenvalue weighted by molar-refractivity contribution is 5.54. The molecule has 130 valence electrons. The first-order valence-electron chi connectivity index (χ1n) is 9.34. The Morgan fingerprint density at radius 1 is 1.38 bits per heavy atom. The van der Waals surface area contributed by atoms with Crippen LogP contribution in [0.4, 0.5) is 5.82 Å². The van der Waals surface area contributed by atoms with Gasteiger partial charge >= 0.3 is 0 Å². The zero-order valence-corrected chi connectivity index (χ0v) is 15.0. The van der Waals surface area contributed by atoms with Gasteiger partial charge in [-0.15, -0.1) is 0 Å². The fraction of sp³-hybridized carbons (Fsp3) is 0.684. The summed E-state index contributed by atoms with van der Waals surface area (Å²) in [6, 6.07) is 2.99. The number of rotatable bonds is 4. The van der Waals surface area contributed by atoms with E-state index in [1.807, 2.05) is 10.7 Å². The Labute approximate surface area is 144 Å². The highest BCUT2D eigenvalue weighted by atomic mass is 15.3. The monoisotopic (exact) mass is 327 g/mol. The highest BCUT2D eigenvalue weighted by Crippen LogP contribution is 2.50. The molecule has 24 heavy (non-hydrogen) atoms. The summed E-state index contributed by atoms with van der Waals surface area (Å²) < 4.78 is 1.96. The molecule has 0 aromatic carbocycles. The van der Waals surface area contributed by atoms with E-state index in [1.54, 1.807) is 0 Å². The first kappa shape index (κ1) is 15.9.